The van der Waals surface area contributed by atoms with E-state index in [1.54, 1.807) is 31.4 Å². The van der Waals surface area contributed by atoms with Gasteiger partial charge in [0.1, 0.15) is 10.6 Å². The molecule has 0 aliphatic carbocycles. The predicted octanol–water partition coefficient (Wildman–Crippen LogP) is 2.52. The molecule has 1 heterocycles. The number of carbonyl (C=O) groups excluding carboxylic acids is 2. The molecule has 0 atom stereocenters. The Hall–Kier alpha value is -2.12. The third kappa shape index (κ3) is 3.96. The average Bonchev–Trinajstić information content (AvgIpc) is 2.93. The number of aromatic nitrogens is 1. The number of carbonyl (C=O) groups is 2. The number of methoxy groups -OCH3 is 1. The highest BCUT2D eigenvalue weighted by Gasteiger charge is 2.19. The van der Waals surface area contributed by atoms with Gasteiger partial charge in [-0.05, 0) is 24.3 Å². The predicted molar refractivity (Wildman–Crippen MR) is 85.7 cm³/mol. The fourth-order valence-corrected chi connectivity index (χ4v) is 2.70. The van der Waals surface area contributed by atoms with Gasteiger partial charge >= 0.3 is 0 Å². The molecular formula is C14H14ClN3O3S. The second kappa shape index (κ2) is 7.24. The molecule has 116 valence electrons. The fourth-order valence-electron chi connectivity index (χ4n) is 1.71. The Balaban J connectivity index is 1.93. The molecule has 0 radical (unpaired) electrons. The Morgan fingerprint density at radius 2 is 2.05 bits per heavy atom. The van der Waals surface area contributed by atoms with Crippen LogP contribution in [0, 0.1) is 0 Å². The minimum atomic E-state index is -0.336. The van der Waals surface area contributed by atoms with E-state index in [4.69, 9.17) is 16.3 Å². The van der Waals surface area contributed by atoms with Crippen LogP contribution >= 0.6 is 22.9 Å². The molecule has 1 aromatic carbocycles. The van der Waals surface area contributed by atoms with Crippen LogP contribution in [0.5, 0.6) is 5.75 Å². The van der Waals surface area contributed by atoms with Gasteiger partial charge in [-0.2, -0.15) is 0 Å². The van der Waals surface area contributed by atoms with E-state index in [1.807, 2.05) is 0 Å². The Bertz CT molecular complexity index is 672. The van der Waals surface area contributed by atoms with Gasteiger partial charge in [-0.15, -0.1) is 11.3 Å². The highest BCUT2D eigenvalue weighted by molar-refractivity contribution is 7.12. The second-order valence-corrected chi connectivity index (χ2v) is 5.62. The van der Waals surface area contributed by atoms with Crippen LogP contribution in [0.4, 0.5) is 5.69 Å². The maximum Gasteiger partial charge on any atom is 0.267 e. The number of hydrogen-bond acceptors (Lipinski definition) is 5. The van der Waals surface area contributed by atoms with Gasteiger partial charge < -0.3 is 15.0 Å². The smallest absolute Gasteiger partial charge is 0.267 e. The van der Waals surface area contributed by atoms with Crippen LogP contribution in [0.2, 0.25) is 5.15 Å². The third-order valence-electron chi connectivity index (χ3n) is 2.82. The molecular weight excluding hydrogens is 326 g/mol. The third-order valence-corrected chi connectivity index (χ3v) is 4.03. The molecule has 0 saturated carbocycles. The summed E-state index contributed by atoms with van der Waals surface area (Å²) in [5, 5.41) is 2.86. The van der Waals surface area contributed by atoms with Crippen molar-refractivity contribution in [1.29, 1.82) is 0 Å². The summed E-state index contributed by atoms with van der Waals surface area (Å²) in [7, 11) is 3.10. The van der Waals surface area contributed by atoms with Gasteiger partial charge in [0, 0.05) is 12.7 Å². The minimum Gasteiger partial charge on any atom is -0.497 e. The summed E-state index contributed by atoms with van der Waals surface area (Å²) in [5.74, 6) is 0.0594. The number of hydrogen-bond donors (Lipinski definition) is 1. The number of ether oxygens (including phenoxy) is 1. The van der Waals surface area contributed by atoms with E-state index in [-0.39, 0.29) is 23.5 Å². The van der Waals surface area contributed by atoms with Crippen molar-refractivity contribution in [2.75, 3.05) is 26.0 Å². The van der Waals surface area contributed by atoms with Crippen molar-refractivity contribution >= 4 is 40.4 Å². The zero-order valence-electron chi connectivity index (χ0n) is 12.0. The number of amides is 2. The van der Waals surface area contributed by atoms with Crippen LogP contribution in [0.15, 0.2) is 29.8 Å². The molecule has 0 spiro atoms. The summed E-state index contributed by atoms with van der Waals surface area (Å²) in [6.07, 6.45) is 0. The molecule has 0 fully saturated rings. The standard InChI is InChI=1S/C14H14ClN3O3S/c1-18(14(20)12-13(15)16-8-22-12)7-11(19)17-9-3-5-10(21-2)6-4-9/h3-6,8H,7H2,1-2H3,(H,17,19). The van der Waals surface area contributed by atoms with E-state index in [9.17, 15) is 9.59 Å². The molecule has 0 aliphatic rings. The minimum absolute atomic E-state index is 0.0842. The molecule has 2 rings (SSSR count). The first kappa shape index (κ1) is 16.3. The maximum absolute atomic E-state index is 12.1. The van der Waals surface area contributed by atoms with Crippen LogP contribution in [-0.4, -0.2) is 42.4 Å². The van der Waals surface area contributed by atoms with Crippen molar-refractivity contribution in [2.45, 2.75) is 0 Å². The number of halogens is 1. The monoisotopic (exact) mass is 339 g/mol. The molecule has 22 heavy (non-hydrogen) atoms. The summed E-state index contributed by atoms with van der Waals surface area (Å²) >= 11 is 6.95. The molecule has 0 aliphatic heterocycles. The molecule has 1 aromatic heterocycles. The number of nitrogens with one attached hydrogen (secondary N) is 1. The van der Waals surface area contributed by atoms with Crippen LogP contribution in [0.25, 0.3) is 0 Å². The quantitative estimate of drug-likeness (QED) is 0.908. The zero-order chi connectivity index (χ0) is 16.1. The Morgan fingerprint density at radius 1 is 1.36 bits per heavy atom. The Kier molecular flexibility index (Phi) is 5.35. The summed E-state index contributed by atoms with van der Waals surface area (Å²) < 4.78 is 5.04. The molecule has 2 amide bonds. The number of rotatable bonds is 5. The van der Waals surface area contributed by atoms with Crippen molar-refractivity contribution in [2.24, 2.45) is 0 Å². The summed E-state index contributed by atoms with van der Waals surface area (Å²) in [6, 6.07) is 6.92. The number of thiazole rings is 1. The lowest BCUT2D eigenvalue weighted by molar-refractivity contribution is -0.116. The van der Waals surface area contributed by atoms with E-state index in [0.29, 0.717) is 16.3 Å². The lowest BCUT2D eigenvalue weighted by atomic mass is 10.3. The van der Waals surface area contributed by atoms with Gasteiger partial charge in [0.2, 0.25) is 5.91 Å². The Morgan fingerprint density at radius 3 is 2.59 bits per heavy atom. The van der Waals surface area contributed by atoms with Crippen LogP contribution in [0.3, 0.4) is 0 Å². The van der Waals surface area contributed by atoms with E-state index >= 15 is 0 Å². The van der Waals surface area contributed by atoms with Crippen molar-refractivity contribution < 1.29 is 14.3 Å². The van der Waals surface area contributed by atoms with E-state index in [1.165, 1.54) is 17.5 Å². The van der Waals surface area contributed by atoms with Gasteiger partial charge in [-0.25, -0.2) is 4.98 Å². The summed E-state index contributed by atoms with van der Waals surface area (Å²) in [5.41, 5.74) is 2.11. The first-order valence-corrected chi connectivity index (χ1v) is 7.55. The molecule has 0 bridgehead atoms. The Labute approximate surface area is 136 Å². The normalized spacial score (nSPS) is 10.1. The van der Waals surface area contributed by atoms with Crippen LogP contribution in [-0.2, 0) is 4.79 Å². The van der Waals surface area contributed by atoms with Gasteiger partial charge in [-0.1, -0.05) is 11.6 Å². The highest BCUT2D eigenvalue weighted by atomic mass is 35.5. The first-order valence-electron chi connectivity index (χ1n) is 6.29. The van der Waals surface area contributed by atoms with E-state index in [0.717, 1.165) is 11.3 Å². The van der Waals surface area contributed by atoms with Gasteiger partial charge in [0.25, 0.3) is 5.91 Å². The number of benzene rings is 1. The first-order chi connectivity index (χ1) is 10.5. The van der Waals surface area contributed by atoms with Gasteiger partial charge in [-0.3, -0.25) is 9.59 Å². The summed E-state index contributed by atoms with van der Waals surface area (Å²) in [4.78, 5) is 29.5. The topological polar surface area (TPSA) is 71.5 Å². The lowest BCUT2D eigenvalue weighted by Gasteiger charge is -2.16. The van der Waals surface area contributed by atoms with Gasteiger partial charge in [0.05, 0.1) is 19.2 Å². The lowest BCUT2D eigenvalue weighted by Crippen LogP contribution is -2.34. The molecule has 6 nitrogen and oxygen atoms in total. The van der Waals surface area contributed by atoms with E-state index in [2.05, 4.69) is 10.3 Å². The van der Waals surface area contributed by atoms with Crippen LogP contribution in [0.1, 0.15) is 9.67 Å². The molecule has 2 aromatic rings. The second-order valence-electron chi connectivity index (χ2n) is 4.41. The zero-order valence-corrected chi connectivity index (χ0v) is 13.6. The van der Waals surface area contributed by atoms with Crippen molar-refractivity contribution in [3.8, 4) is 5.75 Å². The summed E-state index contributed by atoms with van der Waals surface area (Å²) in [6.45, 7) is -0.0842. The molecule has 1 N–H and O–H groups in total. The van der Waals surface area contributed by atoms with E-state index < -0.39 is 0 Å². The van der Waals surface area contributed by atoms with Crippen molar-refractivity contribution in [3.05, 3.63) is 39.8 Å². The largest absolute Gasteiger partial charge is 0.497 e. The number of anilines is 1. The number of nitrogens with zero attached hydrogens (tertiary/aromatic N) is 2. The SMILES string of the molecule is COc1ccc(NC(=O)CN(C)C(=O)c2scnc2Cl)cc1. The number of likely N-dealkylation sites (N-methyl/N-ethyl adjacent to an activating group) is 1. The average molecular weight is 340 g/mol. The highest BCUT2D eigenvalue weighted by Crippen LogP contribution is 2.20. The maximum atomic E-state index is 12.1. The van der Waals surface area contributed by atoms with Gasteiger partial charge in [0.15, 0.2) is 5.15 Å². The van der Waals surface area contributed by atoms with Crippen molar-refractivity contribution in [1.82, 2.24) is 9.88 Å². The fraction of sp³-hybridized carbons (Fsp3) is 0.214. The molecule has 0 saturated heterocycles. The molecule has 8 heteroatoms. The van der Waals surface area contributed by atoms with Crippen molar-refractivity contribution in [3.63, 3.8) is 0 Å². The molecule has 0 unspecified atom stereocenters. The van der Waals surface area contributed by atoms with Crippen LogP contribution < -0.4 is 10.1 Å².